The molecule has 6 heteroatoms. The van der Waals surface area contributed by atoms with Gasteiger partial charge in [-0.05, 0) is 12.1 Å². The largest absolute Gasteiger partial charge is 0.454 e. The van der Waals surface area contributed by atoms with E-state index >= 15 is 0 Å². The van der Waals surface area contributed by atoms with Gasteiger partial charge in [0.1, 0.15) is 23.1 Å². The van der Waals surface area contributed by atoms with Crippen LogP contribution in [0.15, 0.2) is 72.8 Å². The number of nitrogens with two attached hydrogens (primary N) is 1. The second-order valence-corrected chi connectivity index (χ2v) is 7.32. The van der Waals surface area contributed by atoms with Crippen molar-refractivity contribution in [1.82, 2.24) is 9.38 Å². The van der Waals surface area contributed by atoms with Crippen molar-refractivity contribution >= 4 is 22.2 Å². The van der Waals surface area contributed by atoms with Crippen molar-refractivity contribution in [3.63, 3.8) is 0 Å². The highest BCUT2D eigenvalue weighted by atomic mass is 16.7. The Morgan fingerprint density at radius 3 is 2.13 bits per heavy atom. The quantitative estimate of drug-likeness (QED) is 0.447. The highest BCUT2D eigenvalue weighted by Gasteiger charge is 2.25. The molecule has 6 nitrogen and oxygen atoms in total. The van der Waals surface area contributed by atoms with Crippen LogP contribution in [0.3, 0.4) is 0 Å². The zero-order valence-corrected chi connectivity index (χ0v) is 16.4. The number of rotatable bonds is 2. The second-order valence-electron chi connectivity index (χ2n) is 7.32. The number of ether oxygens (including phenoxy) is 2. The number of anilines is 1. The molecule has 0 spiro atoms. The van der Waals surface area contributed by atoms with Gasteiger partial charge in [-0.15, -0.1) is 0 Å². The number of hydrogen-bond acceptors (Lipinski definition) is 5. The van der Waals surface area contributed by atoms with Crippen LogP contribution in [0.25, 0.3) is 38.9 Å². The molecular weight excluding hydrogens is 388 g/mol. The first-order valence-electron chi connectivity index (χ1n) is 9.84. The maximum atomic E-state index is 9.97. The average Bonchev–Trinajstić information content (AvgIpc) is 3.44. The normalized spacial score (nSPS) is 12.4. The van der Waals surface area contributed by atoms with Crippen LogP contribution in [0.4, 0.5) is 5.82 Å². The van der Waals surface area contributed by atoms with E-state index in [-0.39, 0.29) is 6.79 Å². The van der Waals surface area contributed by atoms with E-state index in [9.17, 15) is 5.26 Å². The molecule has 0 amide bonds. The van der Waals surface area contributed by atoms with Gasteiger partial charge in [-0.25, -0.2) is 4.98 Å². The van der Waals surface area contributed by atoms with Gasteiger partial charge in [0.05, 0.1) is 11.4 Å². The molecule has 2 aromatic heterocycles. The van der Waals surface area contributed by atoms with Crippen LogP contribution in [-0.2, 0) is 0 Å². The van der Waals surface area contributed by atoms with Gasteiger partial charge in [-0.2, -0.15) is 5.26 Å². The zero-order valence-electron chi connectivity index (χ0n) is 16.4. The van der Waals surface area contributed by atoms with Crippen LogP contribution in [0.1, 0.15) is 5.56 Å². The minimum absolute atomic E-state index is 0.151. The minimum Gasteiger partial charge on any atom is -0.454 e. The number of nitriles is 1. The molecule has 0 unspecified atom stereocenters. The summed E-state index contributed by atoms with van der Waals surface area (Å²) < 4.78 is 13.0. The predicted molar refractivity (Wildman–Crippen MR) is 119 cm³/mol. The number of fused-ring (bicyclic) bond motifs is 4. The molecule has 0 saturated heterocycles. The Morgan fingerprint density at radius 2 is 1.48 bits per heavy atom. The summed E-state index contributed by atoms with van der Waals surface area (Å²) in [7, 11) is 0. The Morgan fingerprint density at radius 1 is 0.871 bits per heavy atom. The third-order valence-electron chi connectivity index (χ3n) is 5.60. The van der Waals surface area contributed by atoms with E-state index < -0.39 is 0 Å². The zero-order chi connectivity index (χ0) is 20.9. The van der Waals surface area contributed by atoms with E-state index in [1.54, 1.807) is 0 Å². The molecule has 0 aliphatic carbocycles. The van der Waals surface area contributed by atoms with Gasteiger partial charge in [0, 0.05) is 21.9 Å². The van der Waals surface area contributed by atoms with Crippen LogP contribution in [0.2, 0.25) is 0 Å². The predicted octanol–water partition coefficient (Wildman–Crippen LogP) is 5.00. The van der Waals surface area contributed by atoms with Crippen molar-refractivity contribution in [2.75, 3.05) is 12.5 Å². The van der Waals surface area contributed by atoms with Crippen LogP contribution in [-0.4, -0.2) is 16.2 Å². The molecule has 2 N–H and O–H groups in total. The second kappa shape index (κ2) is 6.51. The lowest BCUT2D eigenvalue weighted by Crippen LogP contribution is -2.03. The first-order chi connectivity index (χ1) is 15.3. The number of nitrogens with zero attached hydrogens (tertiary/aromatic N) is 3. The Balaban J connectivity index is 1.83. The summed E-state index contributed by atoms with van der Waals surface area (Å²) >= 11 is 0. The Labute approximate surface area is 177 Å². The topological polar surface area (TPSA) is 85.6 Å². The molecule has 3 heterocycles. The maximum absolute atomic E-state index is 9.97. The lowest BCUT2D eigenvalue weighted by atomic mass is 10.0. The summed E-state index contributed by atoms with van der Waals surface area (Å²) in [5.41, 5.74) is 11.2. The molecule has 0 fully saturated rings. The summed E-state index contributed by atoms with van der Waals surface area (Å²) in [6.45, 7) is 0.151. The third-order valence-corrected chi connectivity index (χ3v) is 5.60. The fraction of sp³-hybridized carbons (Fsp3) is 0.0400. The molecule has 148 valence electrons. The summed E-state index contributed by atoms with van der Waals surface area (Å²) in [6, 6.07) is 25.9. The van der Waals surface area contributed by atoms with E-state index in [4.69, 9.17) is 20.2 Å². The molecule has 0 bridgehead atoms. The highest BCUT2D eigenvalue weighted by Crippen LogP contribution is 2.43. The van der Waals surface area contributed by atoms with Crippen molar-refractivity contribution in [2.24, 2.45) is 0 Å². The number of nitrogen functional groups attached to an aromatic ring is 1. The Kier molecular flexibility index (Phi) is 3.65. The molecule has 1 aliphatic rings. The SMILES string of the molecule is N#Cc1c(N)n2c(-c3ccccc3)c(-c3ccccc3)nc2c2cc3c(cc12)OCO3. The number of pyridine rings is 1. The highest BCUT2D eigenvalue weighted by molar-refractivity contribution is 6.04. The van der Waals surface area contributed by atoms with Crippen LogP contribution in [0, 0.1) is 11.3 Å². The molecule has 0 radical (unpaired) electrons. The van der Waals surface area contributed by atoms with Gasteiger partial charge in [0.2, 0.25) is 6.79 Å². The minimum atomic E-state index is 0.151. The summed E-state index contributed by atoms with van der Waals surface area (Å²) in [6.07, 6.45) is 0. The molecule has 31 heavy (non-hydrogen) atoms. The first kappa shape index (κ1) is 17.4. The van der Waals surface area contributed by atoms with Crippen molar-refractivity contribution in [3.05, 3.63) is 78.4 Å². The Bertz CT molecular complexity index is 1520. The van der Waals surface area contributed by atoms with Crippen molar-refractivity contribution in [1.29, 1.82) is 5.26 Å². The van der Waals surface area contributed by atoms with E-state index in [0.717, 1.165) is 27.9 Å². The summed E-state index contributed by atoms with van der Waals surface area (Å²) in [4.78, 5) is 5.03. The fourth-order valence-corrected chi connectivity index (χ4v) is 4.20. The molecule has 0 saturated carbocycles. The fourth-order valence-electron chi connectivity index (χ4n) is 4.20. The maximum Gasteiger partial charge on any atom is 0.231 e. The van der Waals surface area contributed by atoms with Gasteiger partial charge >= 0.3 is 0 Å². The summed E-state index contributed by atoms with van der Waals surface area (Å²) in [5.74, 6) is 1.58. The lowest BCUT2D eigenvalue weighted by Gasteiger charge is -2.12. The third kappa shape index (κ3) is 2.47. The van der Waals surface area contributed by atoms with Crippen LogP contribution in [0.5, 0.6) is 11.5 Å². The monoisotopic (exact) mass is 404 g/mol. The number of aromatic nitrogens is 2. The smallest absolute Gasteiger partial charge is 0.231 e. The average molecular weight is 404 g/mol. The van der Waals surface area contributed by atoms with E-state index in [1.807, 2.05) is 77.2 Å². The van der Waals surface area contributed by atoms with E-state index in [1.165, 1.54) is 0 Å². The molecule has 1 aliphatic heterocycles. The molecule has 0 atom stereocenters. The van der Waals surface area contributed by atoms with Gasteiger partial charge in [0.25, 0.3) is 0 Å². The first-order valence-corrected chi connectivity index (χ1v) is 9.84. The van der Waals surface area contributed by atoms with E-state index in [2.05, 4.69) is 6.07 Å². The number of imidazole rings is 1. The van der Waals surface area contributed by atoms with Gasteiger partial charge < -0.3 is 15.2 Å². The van der Waals surface area contributed by atoms with Crippen molar-refractivity contribution in [2.45, 2.75) is 0 Å². The van der Waals surface area contributed by atoms with Crippen molar-refractivity contribution in [3.8, 4) is 40.1 Å². The Hall–Kier alpha value is -4.50. The lowest BCUT2D eigenvalue weighted by molar-refractivity contribution is 0.174. The van der Waals surface area contributed by atoms with Gasteiger partial charge in [0.15, 0.2) is 11.5 Å². The van der Waals surface area contributed by atoms with Crippen LogP contribution < -0.4 is 15.2 Å². The molecule has 6 rings (SSSR count). The van der Waals surface area contributed by atoms with Crippen LogP contribution >= 0.6 is 0 Å². The number of benzene rings is 3. The van der Waals surface area contributed by atoms with Crippen molar-refractivity contribution < 1.29 is 9.47 Å². The van der Waals surface area contributed by atoms with E-state index in [0.29, 0.717) is 33.9 Å². The molecular formula is C25H16N4O2. The molecule has 3 aromatic carbocycles. The summed E-state index contributed by atoms with van der Waals surface area (Å²) in [5, 5.41) is 11.5. The number of hydrogen-bond donors (Lipinski definition) is 1. The van der Waals surface area contributed by atoms with Gasteiger partial charge in [-0.3, -0.25) is 4.40 Å². The standard InChI is InChI=1S/C25H16N4O2/c26-13-19-17-11-20-21(31-14-30-20)12-18(17)25-28-22(15-7-3-1-4-8-15)23(29(25)24(19)27)16-9-5-2-6-10-16/h1-12H,14,27H2. The molecule has 5 aromatic rings. The van der Waals surface area contributed by atoms with Gasteiger partial charge in [-0.1, -0.05) is 60.7 Å².